The number of halogens is 2. The topological polar surface area (TPSA) is 79.2 Å². The van der Waals surface area contributed by atoms with E-state index in [4.69, 9.17) is 33.2 Å². The maximum absolute atomic E-state index is 11.9. The quantitative estimate of drug-likeness (QED) is 0.833. The number of ether oxygens (including phenoxy) is 1. The highest BCUT2D eigenvalue weighted by Gasteiger charge is 2.30. The molecule has 22 heavy (non-hydrogen) atoms. The van der Waals surface area contributed by atoms with Gasteiger partial charge in [-0.2, -0.15) is 5.26 Å². The highest BCUT2D eigenvalue weighted by atomic mass is 35.5. The van der Waals surface area contributed by atoms with Gasteiger partial charge in [-0.3, -0.25) is 4.79 Å². The molecule has 118 valence electrons. The molecule has 1 aromatic rings. The number of nitrogens with zero attached hydrogens (tertiary/aromatic N) is 1. The molecule has 1 atom stereocenters. The maximum atomic E-state index is 11.9. The zero-order chi connectivity index (χ0) is 16.9. The number of benzene rings is 1. The number of nitrogens with one attached hydrogen (secondary N) is 1. The first-order valence-electron chi connectivity index (χ1n) is 6.54. The van der Waals surface area contributed by atoms with Crippen LogP contribution in [0.2, 0.25) is 10.0 Å². The van der Waals surface area contributed by atoms with Crippen molar-refractivity contribution in [2.75, 3.05) is 6.61 Å². The Morgan fingerprint density at radius 1 is 1.36 bits per heavy atom. The van der Waals surface area contributed by atoms with E-state index in [0.29, 0.717) is 0 Å². The summed E-state index contributed by atoms with van der Waals surface area (Å²) in [6, 6.07) is 6.62. The smallest absolute Gasteiger partial charge is 0.341 e. The average Bonchev–Trinajstić information content (AvgIpc) is 2.44. The molecule has 0 aliphatic carbocycles. The van der Waals surface area contributed by atoms with Crippen LogP contribution < -0.4 is 5.32 Å². The third kappa shape index (κ3) is 4.36. The van der Waals surface area contributed by atoms with Gasteiger partial charge in [0.05, 0.1) is 21.7 Å². The standard InChI is InChI=1S/C15H16Cl2N2O3/c1-9(2)15(3,8-18)19-12(20)7-22-14(21)13-10(16)5-4-6-11(13)17/h4-6,9H,7H2,1-3H3,(H,19,20)/t15-/m1/s1. The highest BCUT2D eigenvalue weighted by Crippen LogP contribution is 2.24. The van der Waals surface area contributed by atoms with Crippen LogP contribution in [0.25, 0.3) is 0 Å². The molecule has 0 aliphatic heterocycles. The van der Waals surface area contributed by atoms with E-state index in [2.05, 4.69) is 5.32 Å². The fraction of sp³-hybridized carbons (Fsp3) is 0.400. The van der Waals surface area contributed by atoms with Gasteiger partial charge in [-0.05, 0) is 25.0 Å². The van der Waals surface area contributed by atoms with Gasteiger partial charge in [-0.15, -0.1) is 0 Å². The molecular weight excluding hydrogens is 327 g/mol. The van der Waals surface area contributed by atoms with Crippen LogP contribution in [-0.4, -0.2) is 24.0 Å². The van der Waals surface area contributed by atoms with E-state index in [1.54, 1.807) is 26.8 Å². The predicted molar refractivity (Wildman–Crippen MR) is 83.7 cm³/mol. The van der Waals surface area contributed by atoms with Crippen LogP contribution in [0.4, 0.5) is 0 Å². The van der Waals surface area contributed by atoms with Crippen molar-refractivity contribution in [3.05, 3.63) is 33.8 Å². The molecule has 0 fully saturated rings. The van der Waals surface area contributed by atoms with E-state index in [1.807, 2.05) is 6.07 Å². The van der Waals surface area contributed by atoms with Crippen LogP contribution in [-0.2, 0) is 9.53 Å². The minimum absolute atomic E-state index is 0.00513. The monoisotopic (exact) mass is 342 g/mol. The molecule has 0 aliphatic rings. The number of rotatable bonds is 5. The van der Waals surface area contributed by atoms with Crippen LogP contribution in [0.5, 0.6) is 0 Å². The first kappa shape index (κ1) is 18.3. The fourth-order valence-corrected chi connectivity index (χ4v) is 2.07. The van der Waals surface area contributed by atoms with Crippen molar-refractivity contribution >= 4 is 35.1 Å². The summed E-state index contributed by atoms with van der Waals surface area (Å²) in [4.78, 5) is 23.7. The third-order valence-corrected chi connectivity index (χ3v) is 3.92. The van der Waals surface area contributed by atoms with E-state index in [9.17, 15) is 9.59 Å². The van der Waals surface area contributed by atoms with E-state index in [-0.39, 0.29) is 21.5 Å². The minimum Gasteiger partial charge on any atom is -0.452 e. The molecule has 0 aromatic heterocycles. The summed E-state index contributed by atoms with van der Waals surface area (Å²) in [6.45, 7) is 4.69. The number of amides is 1. The minimum atomic E-state index is -1.04. The van der Waals surface area contributed by atoms with Gasteiger partial charge in [-0.25, -0.2) is 4.79 Å². The summed E-state index contributed by atoms with van der Waals surface area (Å²) in [7, 11) is 0. The normalized spacial score (nSPS) is 13.1. The van der Waals surface area contributed by atoms with Gasteiger partial charge in [0, 0.05) is 0 Å². The van der Waals surface area contributed by atoms with Crippen molar-refractivity contribution in [1.29, 1.82) is 5.26 Å². The van der Waals surface area contributed by atoms with Crippen LogP contribution in [0, 0.1) is 17.2 Å². The van der Waals surface area contributed by atoms with Crippen LogP contribution in [0.3, 0.4) is 0 Å². The molecule has 7 heteroatoms. The molecule has 0 heterocycles. The van der Waals surface area contributed by atoms with Crippen molar-refractivity contribution in [1.82, 2.24) is 5.32 Å². The molecule has 0 unspecified atom stereocenters. The SMILES string of the molecule is CC(C)[C@@](C)(C#N)NC(=O)COC(=O)c1c(Cl)cccc1Cl. The molecule has 1 N–H and O–H groups in total. The Morgan fingerprint density at radius 3 is 2.36 bits per heavy atom. The van der Waals surface area contributed by atoms with Gasteiger partial charge in [0.15, 0.2) is 6.61 Å². The van der Waals surface area contributed by atoms with Gasteiger partial charge in [0.2, 0.25) is 0 Å². The summed E-state index contributed by atoms with van der Waals surface area (Å²) in [5.41, 5.74) is -1.03. The fourth-order valence-electron chi connectivity index (χ4n) is 1.52. The Kier molecular flexibility index (Phi) is 6.21. The molecule has 0 bridgehead atoms. The number of hydrogen-bond acceptors (Lipinski definition) is 4. The van der Waals surface area contributed by atoms with E-state index in [1.165, 1.54) is 12.1 Å². The lowest BCUT2D eigenvalue weighted by Gasteiger charge is -2.27. The Labute approximate surface area is 139 Å². The largest absolute Gasteiger partial charge is 0.452 e. The first-order valence-corrected chi connectivity index (χ1v) is 7.30. The van der Waals surface area contributed by atoms with E-state index in [0.717, 1.165) is 0 Å². The van der Waals surface area contributed by atoms with Crippen LogP contribution in [0.15, 0.2) is 18.2 Å². The summed E-state index contributed by atoms with van der Waals surface area (Å²) in [5, 5.41) is 11.9. The molecule has 0 saturated carbocycles. The van der Waals surface area contributed by atoms with Crippen molar-refractivity contribution in [3.8, 4) is 6.07 Å². The number of esters is 1. The number of carbonyl (C=O) groups excluding carboxylic acids is 2. The van der Waals surface area contributed by atoms with Gasteiger partial charge < -0.3 is 10.1 Å². The second-order valence-electron chi connectivity index (χ2n) is 5.19. The van der Waals surface area contributed by atoms with E-state index < -0.39 is 24.0 Å². The van der Waals surface area contributed by atoms with E-state index >= 15 is 0 Å². The van der Waals surface area contributed by atoms with Gasteiger partial charge in [-0.1, -0.05) is 43.1 Å². The van der Waals surface area contributed by atoms with Gasteiger partial charge >= 0.3 is 5.97 Å². The summed E-state index contributed by atoms with van der Waals surface area (Å²) in [5.74, 6) is -1.47. The average molecular weight is 343 g/mol. The molecule has 0 spiro atoms. The molecular formula is C15H16Cl2N2O3. The van der Waals surface area contributed by atoms with Gasteiger partial charge in [0.25, 0.3) is 5.91 Å². The summed E-state index contributed by atoms with van der Waals surface area (Å²) >= 11 is 11.8. The van der Waals surface area contributed by atoms with Gasteiger partial charge in [0.1, 0.15) is 5.54 Å². The van der Waals surface area contributed by atoms with Crippen LogP contribution in [0.1, 0.15) is 31.1 Å². The molecule has 1 aromatic carbocycles. The second kappa shape index (κ2) is 7.48. The molecule has 1 rings (SSSR count). The number of carbonyl (C=O) groups is 2. The molecule has 5 nitrogen and oxygen atoms in total. The Hall–Kier alpha value is -1.77. The van der Waals surface area contributed by atoms with Crippen molar-refractivity contribution < 1.29 is 14.3 Å². The number of hydrogen-bond donors (Lipinski definition) is 1. The molecule has 1 amide bonds. The Morgan fingerprint density at radius 2 is 1.91 bits per heavy atom. The molecule has 0 radical (unpaired) electrons. The Balaban J connectivity index is 2.69. The Bertz CT molecular complexity index is 605. The first-order chi connectivity index (χ1) is 10.2. The number of nitriles is 1. The van der Waals surface area contributed by atoms with Crippen molar-refractivity contribution in [2.45, 2.75) is 26.3 Å². The third-order valence-electron chi connectivity index (χ3n) is 3.29. The lowest BCUT2D eigenvalue weighted by Crippen LogP contribution is -2.50. The lowest BCUT2D eigenvalue weighted by molar-refractivity contribution is -0.125. The highest BCUT2D eigenvalue weighted by molar-refractivity contribution is 6.39. The van der Waals surface area contributed by atoms with Crippen molar-refractivity contribution in [2.24, 2.45) is 5.92 Å². The zero-order valence-electron chi connectivity index (χ0n) is 12.4. The zero-order valence-corrected chi connectivity index (χ0v) is 14.0. The predicted octanol–water partition coefficient (Wildman–Crippen LogP) is 3.20. The molecule has 0 saturated heterocycles. The summed E-state index contributed by atoms with van der Waals surface area (Å²) < 4.78 is 4.89. The maximum Gasteiger partial charge on any atom is 0.341 e. The second-order valence-corrected chi connectivity index (χ2v) is 6.00. The lowest BCUT2D eigenvalue weighted by atomic mass is 9.90. The van der Waals surface area contributed by atoms with Crippen LogP contribution >= 0.6 is 23.2 Å². The summed E-state index contributed by atoms with van der Waals surface area (Å²) in [6.07, 6.45) is 0. The van der Waals surface area contributed by atoms with Crippen molar-refractivity contribution in [3.63, 3.8) is 0 Å².